The lowest BCUT2D eigenvalue weighted by molar-refractivity contribution is 0.295. The molecule has 4 nitrogen and oxygen atoms in total. The average Bonchev–Trinajstić information content (AvgIpc) is 2.90. The fourth-order valence-corrected chi connectivity index (χ4v) is 5.08. The number of aryl methyl sites for hydroxylation is 1. The monoisotopic (exact) mass is 476 g/mol. The van der Waals surface area contributed by atoms with Crippen LogP contribution in [0.4, 0.5) is 5.82 Å². The minimum atomic E-state index is 0.329. The Morgan fingerprint density at radius 2 is 1.53 bits per heavy atom. The number of fused-ring (bicyclic) bond motifs is 3. The lowest BCUT2D eigenvalue weighted by Gasteiger charge is -2.21. The number of nitrogens with one attached hydrogen (secondary N) is 1. The van der Waals surface area contributed by atoms with Gasteiger partial charge >= 0.3 is 0 Å². The van der Waals surface area contributed by atoms with Crippen LogP contribution in [-0.2, 0) is 0 Å². The summed E-state index contributed by atoms with van der Waals surface area (Å²) in [5.74, 6) is 1.69. The Balaban J connectivity index is 1.49. The third-order valence-corrected chi connectivity index (χ3v) is 7.28. The number of hydrogen-bond acceptors (Lipinski definition) is 4. The van der Waals surface area contributed by atoms with Gasteiger partial charge in [-0.05, 0) is 97.7 Å². The summed E-state index contributed by atoms with van der Waals surface area (Å²) in [7, 11) is 0. The summed E-state index contributed by atoms with van der Waals surface area (Å²) in [5, 5.41) is 9.76. The van der Waals surface area contributed by atoms with Gasteiger partial charge in [0.25, 0.3) is 0 Å². The molecule has 5 rings (SSSR count). The zero-order valence-corrected chi connectivity index (χ0v) is 21.9. The molecule has 36 heavy (non-hydrogen) atoms. The van der Waals surface area contributed by atoms with E-state index in [-0.39, 0.29) is 0 Å². The molecule has 0 amide bonds. The smallest absolute Gasteiger partial charge is 0.162 e. The summed E-state index contributed by atoms with van der Waals surface area (Å²) in [4.78, 5) is 12.6. The van der Waals surface area contributed by atoms with Crippen LogP contribution >= 0.6 is 0 Å². The molecule has 0 aliphatic carbocycles. The molecule has 1 atom stereocenters. The number of benzene rings is 4. The van der Waals surface area contributed by atoms with Gasteiger partial charge in [0.2, 0.25) is 0 Å². The fourth-order valence-electron chi connectivity index (χ4n) is 5.08. The predicted octanol–water partition coefficient (Wildman–Crippen LogP) is 7.83. The number of anilines is 1. The van der Waals surface area contributed by atoms with Crippen LogP contribution in [0.1, 0.15) is 39.2 Å². The topological polar surface area (TPSA) is 41.0 Å². The molecule has 0 aliphatic heterocycles. The average molecular weight is 477 g/mol. The van der Waals surface area contributed by atoms with E-state index in [9.17, 15) is 0 Å². The van der Waals surface area contributed by atoms with Crippen molar-refractivity contribution in [2.45, 2.75) is 46.6 Å². The number of hydrogen-bond donors (Lipinski definition) is 1. The van der Waals surface area contributed by atoms with E-state index < -0.39 is 0 Å². The maximum Gasteiger partial charge on any atom is 0.162 e. The molecule has 0 spiro atoms. The highest BCUT2D eigenvalue weighted by Gasteiger charge is 2.14. The first kappa shape index (κ1) is 24.2. The highest BCUT2D eigenvalue weighted by Crippen LogP contribution is 2.30. The van der Waals surface area contributed by atoms with Gasteiger partial charge in [-0.25, -0.2) is 9.97 Å². The second-order valence-corrected chi connectivity index (χ2v) is 9.84. The van der Waals surface area contributed by atoms with Gasteiger partial charge in [0.05, 0.1) is 5.52 Å². The minimum Gasteiger partial charge on any atom is -0.367 e. The van der Waals surface area contributed by atoms with Gasteiger partial charge in [0.1, 0.15) is 5.82 Å². The van der Waals surface area contributed by atoms with E-state index in [0.717, 1.165) is 54.2 Å². The van der Waals surface area contributed by atoms with E-state index in [1.54, 1.807) is 0 Å². The zero-order valence-electron chi connectivity index (χ0n) is 21.9. The summed E-state index contributed by atoms with van der Waals surface area (Å²) in [5.41, 5.74) is 3.22. The van der Waals surface area contributed by atoms with Gasteiger partial charge in [-0.15, -0.1) is 0 Å². The van der Waals surface area contributed by atoms with Gasteiger partial charge in [-0.2, -0.15) is 0 Å². The largest absolute Gasteiger partial charge is 0.367 e. The number of aromatic nitrogens is 2. The van der Waals surface area contributed by atoms with Gasteiger partial charge in [0, 0.05) is 17.0 Å². The second kappa shape index (κ2) is 10.6. The molecule has 1 N–H and O–H groups in total. The Hall–Kier alpha value is -3.50. The second-order valence-electron chi connectivity index (χ2n) is 9.84. The maximum atomic E-state index is 5.06. The van der Waals surface area contributed by atoms with Crippen molar-refractivity contribution in [1.82, 2.24) is 14.9 Å². The standard InChI is InChI=1S/C32H36N4/c1-5-36(6-2)18-10-12-23(4)33-32-29-15-9-11-22(3)30(29)34-31(35-32)27-17-16-26-19-24-13-7-8-14-25(24)20-28(26)21-27/h7-9,11,13-17,19-21,23H,5-6,10,12,18H2,1-4H3,(H,33,34,35). The van der Waals surface area contributed by atoms with Crippen molar-refractivity contribution in [2.24, 2.45) is 0 Å². The first-order valence-electron chi connectivity index (χ1n) is 13.2. The first-order chi connectivity index (χ1) is 17.6. The number of nitrogens with zero attached hydrogens (tertiary/aromatic N) is 3. The molecule has 0 saturated carbocycles. The summed E-state index contributed by atoms with van der Waals surface area (Å²) < 4.78 is 0. The Morgan fingerprint density at radius 1 is 0.806 bits per heavy atom. The summed E-state index contributed by atoms with van der Waals surface area (Å²) in [6, 6.07) is 26.3. The molecule has 1 aromatic heterocycles. The van der Waals surface area contributed by atoms with Crippen LogP contribution in [0.25, 0.3) is 43.8 Å². The molecular formula is C32H36N4. The van der Waals surface area contributed by atoms with Gasteiger partial charge in [0.15, 0.2) is 5.82 Å². The molecule has 0 saturated heterocycles. The quantitative estimate of drug-likeness (QED) is 0.220. The Labute approximate surface area is 214 Å². The summed E-state index contributed by atoms with van der Waals surface area (Å²) in [6.45, 7) is 12.2. The van der Waals surface area contributed by atoms with Crippen molar-refractivity contribution in [1.29, 1.82) is 0 Å². The van der Waals surface area contributed by atoms with E-state index in [0.29, 0.717) is 6.04 Å². The Kier molecular flexibility index (Phi) is 7.15. The fraction of sp³-hybridized carbons (Fsp3) is 0.312. The normalized spacial score (nSPS) is 12.6. The van der Waals surface area contributed by atoms with Crippen molar-refractivity contribution < 1.29 is 0 Å². The third kappa shape index (κ3) is 5.05. The number of para-hydroxylation sites is 1. The van der Waals surface area contributed by atoms with Crippen molar-refractivity contribution in [3.8, 4) is 11.4 Å². The van der Waals surface area contributed by atoms with Crippen LogP contribution in [0.5, 0.6) is 0 Å². The summed E-state index contributed by atoms with van der Waals surface area (Å²) in [6.07, 6.45) is 2.27. The molecule has 5 aromatic rings. The van der Waals surface area contributed by atoms with E-state index >= 15 is 0 Å². The molecule has 0 fully saturated rings. The molecule has 0 radical (unpaired) electrons. The van der Waals surface area contributed by atoms with E-state index in [4.69, 9.17) is 9.97 Å². The molecule has 0 aliphatic rings. The maximum absolute atomic E-state index is 5.06. The molecule has 184 valence electrons. The third-order valence-electron chi connectivity index (χ3n) is 7.28. The van der Waals surface area contributed by atoms with Crippen molar-refractivity contribution in [3.63, 3.8) is 0 Å². The van der Waals surface area contributed by atoms with Crippen LogP contribution in [0.2, 0.25) is 0 Å². The van der Waals surface area contributed by atoms with Crippen LogP contribution < -0.4 is 5.32 Å². The number of rotatable bonds is 9. The Morgan fingerprint density at radius 3 is 2.28 bits per heavy atom. The van der Waals surface area contributed by atoms with Crippen molar-refractivity contribution in [2.75, 3.05) is 25.0 Å². The van der Waals surface area contributed by atoms with Gasteiger partial charge in [-0.3, -0.25) is 0 Å². The van der Waals surface area contributed by atoms with Crippen LogP contribution in [-0.4, -0.2) is 40.5 Å². The molecule has 4 heteroatoms. The van der Waals surface area contributed by atoms with Gasteiger partial charge in [-0.1, -0.05) is 62.4 Å². The Bertz CT molecular complexity index is 1500. The molecule has 4 aromatic carbocycles. The predicted molar refractivity (Wildman–Crippen MR) is 155 cm³/mol. The van der Waals surface area contributed by atoms with Crippen LogP contribution in [0, 0.1) is 6.92 Å². The molecular weight excluding hydrogens is 440 g/mol. The summed E-state index contributed by atoms with van der Waals surface area (Å²) >= 11 is 0. The van der Waals surface area contributed by atoms with Crippen LogP contribution in [0.15, 0.2) is 72.8 Å². The van der Waals surface area contributed by atoms with Crippen molar-refractivity contribution in [3.05, 3.63) is 78.4 Å². The lowest BCUT2D eigenvalue weighted by atomic mass is 10.0. The molecule has 1 heterocycles. The van der Waals surface area contributed by atoms with E-state index in [1.807, 2.05) is 0 Å². The molecule has 0 bridgehead atoms. The lowest BCUT2D eigenvalue weighted by Crippen LogP contribution is -2.25. The first-order valence-corrected chi connectivity index (χ1v) is 13.2. The molecule has 1 unspecified atom stereocenters. The van der Waals surface area contributed by atoms with Crippen LogP contribution in [0.3, 0.4) is 0 Å². The highest BCUT2D eigenvalue weighted by atomic mass is 15.1. The van der Waals surface area contributed by atoms with E-state index in [1.165, 1.54) is 33.5 Å². The van der Waals surface area contributed by atoms with Crippen molar-refractivity contribution >= 4 is 38.3 Å². The zero-order chi connectivity index (χ0) is 25.1. The van der Waals surface area contributed by atoms with E-state index in [2.05, 4.69) is 111 Å². The van der Waals surface area contributed by atoms with Gasteiger partial charge < -0.3 is 10.2 Å². The highest BCUT2D eigenvalue weighted by molar-refractivity contribution is 6.00. The minimum absolute atomic E-state index is 0.329. The SMILES string of the molecule is CCN(CC)CCCC(C)Nc1nc(-c2ccc3cc4ccccc4cc3c2)nc2c(C)cccc12.